The van der Waals surface area contributed by atoms with E-state index in [1.165, 1.54) is 4.57 Å². The second-order valence-electron chi connectivity index (χ2n) is 3.25. The van der Waals surface area contributed by atoms with E-state index in [1.807, 2.05) is 24.3 Å². The fraction of sp³-hybridized carbons (Fsp3) is 0.300. The molecule has 0 N–H and O–H groups in total. The highest BCUT2D eigenvalue weighted by molar-refractivity contribution is 5.61. The zero-order chi connectivity index (χ0) is 9.42. The summed E-state index contributed by atoms with van der Waals surface area (Å²) in [5, 5.41) is 0. The predicted molar refractivity (Wildman–Crippen MR) is 51.2 cm³/mol. The van der Waals surface area contributed by atoms with Gasteiger partial charge in [0.2, 0.25) is 0 Å². The Morgan fingerprint density at radius 3 is 2.85 bits per heavy atom. The minimum atomic E-state index is -0.311. The lowest BCUT2D eigenvalue weighted by Crippen LogP contribution is -2.10. The Kier molecular flexibility index (Phi) is 1.72. The highest BCUT2D eigenvalue weighted by Crippen LogP contribution is 2.17. The van der Waals surface area contributed by atoms with E-state index in [-0.39, 0.29) is 5.76 Å². The maximum Gasteiger partial charge on any atom is 0.419 e. The summed E-state index contributed by atoms with van der Waals surface area (Å²) in [5.74, 6) is 0.722. The van der Waals surface area contributed by atoms with E-state index in [9.17, 15) is 4.79 Å². The third-order valence-electron chi connectivity index (χ3n) is 2.19. The van der Waals surface area contributed by atoms with E-state index in [0.29, 0.717) is 11.7 Å². The third-order valence-corrected chi connectivity index (χ3v) is 2.19. The molecule has 2 rings (SSSR count). The SMILES string of the molecule is CC1C=Cc2oc(=O)n(C)c2C=C1. The topological polar surface area (TPSA) is 35.1 Å². The lowest BCUT2D eigenvalue weighted by atomic mass is 10.2. The summed E-state index contributed by atoms with van der Waals surface area (Å²) < 4.78 is 6.54. The van der Waals surface area contributed by atoms with E-state index in [0.717, 1.165) is 5.69 Å². The first-order valence-electron chi connectivity index (χ1n) is 4.24. The van der Waals surface area contributed by atoms with Crippen molar-refractivity contribution in [3.05, 3.63) is 34.2 Å². The van der Waals surface area contributed by atoms with Gasteiger partial charge in [-0.05, 0) is 18.1 Å². The molecular formula is C10H11NO2. The number of allylic oxidation sites excluding steroid dienone is 2. The quantitative estimate of drug-likeness (QED) is 0.604. The molecule has 1 unspecified atom stereocenters. The molecule has 68 valence electrons. The number of hydrogen-bond acceptors (Lipinski definition) is 2. The zero-order valence-corrected chi connectivity index (χ0v) is 7.65. The van der Waals surface area contributed by atoms with Crippen molar-refractivity contribution in [1.29, 1.82) is 0 Å². The fourth-order valence-electron chi connectivity index (χ4n) is 1.34. The lowest BCUT2D eigenvalue weighted by Gasteiger charge is -1.93. The van der Waals surface area contributed by atoms with Crippen molar-refractivity contribution in [3.8, 4) is 0 Å². The van der Waals surface area contributed by atoms with Gasteiger partial charge in [0.05, 0.1) is 5.69 Å². The van der Waals surface area contributed by atoms with Gasteiger partial charge in [0.15, 0.2) is 5.76 Å². The monoisotopic (exact) mass is 177 g/mol. The summed E-state index contributed by atoms with van der Waals surface area (Å²) in [7, 11) is 1.71. The molecule has 0 bridgehead atoms. The number of oxazole rings is 1. The van der Waals surface area contributed by atoms with Crippen LogP contribution in [-0.4, -0.2) is 4.57 Å². The smallest absolute Gasteiger partial charge is 0.408 e. The highest BCUT2D eigenvalue weighted by Gasteiger charge is 2.11. The third kappa shape index (κ3) is 1.26. The molecule has 3 nitrogen and oxygen atoms in total. The molecule has 0 radical (unpaired) electrons. The van der Waals surface area contributed by atoms with Crippen LogP contribution in [-0.2, 0) is 7.05 Å². The van der Waals surface area contributed by atoms with Crippen LogP contribution in [0, 0.1) is 5.92 Å². The predicted octanol–water partition coefficient (Wildman–Crippen LogP) is 1.65. The number of rotatable bonds is 0. The summed E-state index contributed by atoms with van der Waals surface area (Å²) in [5.41, 5.74) is 0.839. The van der Waals surface area contributed by atoms with Crippen LogP contribution < -0.4 is 5.76 Å². The number of aromatic nitrogens is 1. The molecule has 1 heterocycles. The Labute approximate surface area is 76.0 Å². The first-order chi connectivity index (χ1) is 6.18. The molecular weight excluding hydrogens is 166 g/mol. The Balaban J connectivity index is 2.64. The average molecular weight is 177 g/mol. The van der Waals surface area contributed by atoms with Gasteiger partial charge in [-0.3, -0.25) is 4.57 Å². The van der Waals surface area contributed by atoms with E-state index < -0.39 is 0 Å². The second kappa shape index (κ2) is 2.76. The molecule has 0 amide bonds. The summed E-state index contributed by atoms with van der Waals surface area (Å²) >= 11 is 0. The number of nitrogens with zero attached hydrogens (tertiary/aromatic N) is 1. The molecule has 13 heavy (non-hydrogen) atoms. The van der Waals surface area contributed by atoms with Gasteiger partial charge in [-0.1, -0.05) is 19.1 Å². The van der Waals surface area contributed by atoms with Crippen LogP contribution in [0.4, 0.5) is 0 Å². The van der Waals surface area contributed by atoms with Gasteiger partial charge < -0.3 is 4.42 Å². The van der Waals surface area contributed by atoms with Crippen molar-refractivity contribution in [2.75, 3.05) is 0 Å². The lowest BCUT2D eigenvalue weighted by molar-refractivity contribution is 0.487. The van der Waals surface area contributed by atoms with Crippen LogP contribution in [0.1, 0.15) is 18.4 Å². The van der Waals surface area contributed by atoms with Gasteiger partial charge >= 0.3 is 5.76 Å². The molecule has 1 aromatic rings. The summed E-state index contributed by atoms with van der Waals surface area (Å²) in [6, 6.07) is 0. The molecule has 1 aliphatic carbocycles. The van der Waals surface area contributed by atoms with Crippen molar-refractivity contribution < 1.29 is 4.42 Å². The van der Waals surface area contributed by atoms with Crippen LogP contribution in [0.25, 0.3) is 12.2 Å². The number of fused-ring (bicyclic) bond motifs is 1. The van der Waals surface area contributed by atoms with Gasteiger partial charge in [0, 0.05) is 7.05 Å². The van der Waals surface area contributed by atoms with Gasteiger partial charge in [-0.15, -0.1) is 0 Å². The highest BCUT2D eigenvalue weighted by atomic mass is 16.4. The minimum Gasteiger partial charge on any atom is -0.408 e. The van der Waals surface area contributed by atoms with Crippen LogP contribution in [0.15, 0.2) is 21.4 Å². The van der Waals surface area contributed by atoms with Crippen LogP contribution >= 0.6 is 0 Å². The molecule has 0 aliphatic heterocycles. The fourth-order valence-corrected chi connectivity index (χ4v) is 1.34. The first kappa shape index (κ1) is 8.10. The zero-order valence-electron chi connectivity index (χ0n) is 7.65. The second-order valence-corrected chi connectivity index (χ2v) is 3.25. The van der Waals surface area contributed by atoms with Crippen molar-refractivity contribution in [3.63, 3.8) is 0 Å². The maximum atomic E-state index is 11.1. The van der Waals surface area contributed by atoms with E-state index in [4.69, 9.17) is 4.42 Å². The van der Waals surface area contributed by atoms with E-state index >= 15 is 0 Å². The van der Waals surface area contributed by atoms with Crippen molar-refractivity contribution in [2.24, 2.45) is 13.0 Å². The molecule has 1 aliphatic rings. The summed E-state index contributed by atoms with van der Waals surface area (Å²) in [6.45, 7) is 2.08. The van der Waals surface area contributed by atoms with Gasteiger partial charge in [-0.2, -0.15) is 0 Å². The van der Waals surface area contributed by atoms with E-state index in [2.05, 4.69) is 6.92 Å². The van der Waals surface area contributed by atoms with Gasteiger partial charge in [0.1, 0.15) is 0 Å². The molecule has 0 spiro atoms. The Morgan fingerprint density at radius 1 is 1.38 bits per heavy atom. The molecule has 1 aromatic heterocycles. The van der Waals surface area contributed by atoms with Crippen molar-refractivity contribution >= 4 is 12.2 Å². The van der Waals surface area contributed by atoms with Crippen molar-refractivity contribution in [1.82, 2.24) is 4.57 Å². The average Bonchev–Trinajstić information content (AvgIpc) is 2.28. The van der Waals surface area contributed by atoms with Gasteiger partial charge in [0.25, 0.3) is 0 Å². The Morgan fingerprint density at radius 2 is 2.08 bits per heavy atom. The molecule has 3 heteroatoms. The van der Waals surface area contributed by atoms with Crippen molar-refractivity contribution in [2.45, 2.75) is 6.92 Å². The first-order valence-corrected chi connectivity index (χ1v) is 4.24. The Bertz CT molecular complexity index is 434. The van der Waals surface area contributed by atoms with Crippen LogP contribution in [0.5, 0.6) is 0 Å². The molecule has 0 saturated carbocycles. The van der Waals surface area contributed by atoms with E-state index in [1.54, 1.807) is 7.05 Å². The molecule has 0 fully saturated rings. The minimum absolute atomic E-state index is 0.311. The summed E-state index contributed by atoms with van der Waals surface area (Å²) in [4.78, 5) is 11.1. The molecule has 1 atom stereocenters. The Hall–Kier alpha value is -1.51. The summed E-state index contributed by atoms with van der Waals surface area (Å²) in [6.07, 6.45) is 7.81. The standard InChI is InChI=1S/C10H11NO2/c1-7-3-5-8-9(6-4-7)13-10(12)11(8)2/h3-7H,1-2H3. The van der Waals surface area contributed by atoms with Gasteiger partial charge in [-0.25, -0.2) is 4.79 Å². The van der Waals surface area contributed by atoms with Crippen LogP contribution in [0.3, 0.4) is 0 Å². The van der Waals surface area contributed by atoms with Crippen LogP contribution in [0.2, 0.25) is 0 Å². The molecule has 0 saturated heterocycles. The number of hydrogen-bond donors (Lipinski definition) is 0. The largest absolute Gasteiger partial charge is 0.419 e. The maximum absolute atomic E-state index is 11.1. The normalized spacial score (nSPS) is 20.0. The molecule has 0 aromatic carbocycles.